The zero-order valence-corrected chi connectivity index (χ0v) is 13.0. The second-order valence-electron chi connectivity index (χ2n) is 5.92. The minimum atomic E-state index is -0.810. The Kier molecular flexibility index (Phi) is 4.15. The molecule has 0 aliphatic carbocycles. The summed E-state index contributed by atoms with van der Waals surface area (Å²) in [6.07, 6.45) is 1.47. The first-order valence-corrected chi connectivity index (χ1v) is 7.73. The van der Waals surface area contributed by atoms with Crippen LogP contribution >= 0.6 is 0 Å². The Morgan fingerprint density at radius 1 is 1.17 bits per heavy atom. The molecule has 1 N–H and O–H groups in total. The Morgan fingerprint density at radius 2 is 1.91 bits per heavy atom. The van der Waals surface area contributed by atoms with Crippen LogP contribution < -0.4 is 4.90 Å². The van der Waals surface area contributed by atoms with Crippen LogP contribution in [-0.2, 0) is 9.59 Å². The smallest absolute Gasteiger partial charge is 0.303 e. The molecule has 0 spiro atoms. The second kappa shape index (κ2) is 6.24. The molecule has 2 atom stereocenters. The molecular formula is C19H19NO3. The molecule has 2 aromatic carbocycles. The van der Waals surface area contributed by atoms with Crippen LogP contribution in [0.15, 0.2) is 48.5 Å². The minimum absolute atomic E-state index is 0.00593. The van der Waals surface area contributed by atoms with Crippen molar-refractivity contribution in [3.8, 4) is 0 Å². The first-order chi connectivity index (χ1) is 11.1. The van der Waals surface area contributed by atoms with Crippen LogP contribution in [0.25, 0.3) is 0 Å². The van der Waals surface area contributed by atoms with Crippen LogP contribution in [0.3, 0.4) is 0 Å². The average Bonchev–Trinajstić information content (AvgIpc) is 2.88. The lowest BCUT2D eigenvalue weighted by atomic mass is 9.86. The quantitative estimate of drug-likeness (QED) is 0.858. The summed E-state index contributed by atoms with van der Waals surface area (Å²) < 4.78 is 0. The molecule has 1 amide bonds. The normalized spacial score (nSPS) is 19.4. The van der Waals surface area contributed by atoms with E-state index in [1.165, 1.54) is 0 Å². The predicted molar refractivity (Wildman–Crippen MR) is 88.5 cm³/mol. The van der Waals surface area contributed by atoms with Crippen molar-refractivity contribution in [2.75, 3.05) is 4.90 Å². The number of benzene rings is 2. The van der Waals surface area contributed by atoms with Crippen molar-refractivity contribution in [3.63, 3.8) is 0 Å². The topological polar surface area (TPSA) is 57.6 Å². The summed E-state index contributed by atoms with van der Waals surface area (Å²) in [5, 5.41) is 9.07. The van der Waals surface area contributed by atoms with Crippen LogP contribution in [0.2, 0.25) is 0 Å². The van der Waals surface area contributed by atoms with E-state index in [-0.39, 0.29) is 18.4 Å². The molecule has 0 saturated carbocycles. The van der Waals surface area contributed by atoms with Crippen molar-refractivity contribution in [2.24, 2.45) is 0 Å². The summed E-state index contributed by atoms with van der Waals surface area (Å²) in [4.78, 5) is 24.6. The maximum atomic E-state index is 11.8. The highest BCUT2D eigenvalue weighted by molar-refractivity contribution is 5.84. The van der Waals surface area contributed by atoms with E-state index in [2.05, 4.69) is 0 Å². The first kappa shape index (κ1) is 15.3. The minimum Gasteiger partial charge on any atom is -0.481 e. The van der Waals surface area contributed by atoms with Crippen molar-refractivity contribution in [3.05, 3.63) is 65.2 Å². The lowest BCUT2D eigenvalue weighted by Gasteiger charge is -2.26. The lowest BCUT2D eigenvalue weighted by Crippen LogP contribution is -2.26. The second-order valence-corrected chi connectivity index (χ2v) is 5.92. The van der Waals surface area contributed by atoms with Crippen molar-refractivity contribution < 1.29 is 14.7 Å². The molecule has 1 heterocycles. The van der Waals surface area contributed by atoms with Gasteiger partial charge in [0.2, 0.25) is 6.41 Å². The number of fused-ring (bicyclic) bond motifs is 1. The van der Waals surface area contributed by atoms with Gasteiger partial charge in [0.15, 0.2) is 0 Å². The standard InChI is InChI=1S/C19H19NO3/c1-13-6-5-9-15-16(10-11-17(22)23)19(20(12-21)18(13)15)14-7-3-2-4-8-14/h2-9,12,16,19H,10-11H2,1H3,(H,22,23). The van der Waals surface area contributed by atoms with Crippen LogP contribution in [-0.4, -0.2) is 17.5 Å². The van der Waals surface area contributed by atoms with Gasteiger partial charge in [-0.15, -0.1) is 0 Å². The monoisotopic (exact) mass is 309 g/mol. The number of aryl methyl sites for hydroxylation is 1. The third-order valence-corrected chi connectivity index (χ3v) is 4.53. The summed E-state index contributed by atoms with van der Waals surface area (Å²) in [6.45, 7) is 1.98. The summed E-state index contributed by atoms with van der Waals surface area (Å²) >= 11 is 0. The third-order valence-electron chi connectivity index (χ3n) is 4.53. The SMILES string of the molecule is Cc1cccc2c1N(C=O)C(c1ccccc1)C2CCC(=O)O. The van der Waals surface area contributed by atoms with Gasteiger partial charge < -0.3 is 10.0 Å². The number of amides is 1. The van der Waals surface area contributed by atoms with Crippen LogP contribution in [0, 0.1) is 6.92 Å². The highest BCUT2D eigenvalue weighted by atomic mass is 16.4. The zero-order chi connectivity index (χ0) is 16.4. The Morgan fingerprint density at radius 3 is 2.57 bits per heavy atom. The number of carboxylic acid groups (broad SMARTS) is 1. The zero-order valence-electron chi connectivity index (χ0n) is 13.0. The summed E-state index contributed by atoms with van der Waals surface area (Å²) in [5.74, 6) is -0.816. The van der Waals surface area contributed by atoms with Gasteiger partial charge in [-0.05, 0) is 30.0 Å². The van der Waals surface area contributed by atoms with Crippen molar-refractivity contribution >= 4 is 18.1 Å². The van der Waals surface area contributed by atoms with Gasteiger partial charge in [0, 0.05) is 12.3 Å². The number of carboxylic acids is 1. The van der Waals surface area contributed by atoms with Crippen LogP contribution in [0.5, 0.6) is 0 Å². The van der Waals surface area contributed by atoms with E-state index in [0.29, 0.717) is 6.42 Å². The molecule has 4 nitrogen and oxygen atoms in total. The van der Waals surface area contributed by atoms with E-state index in [0.717, 1.165) is 28.8 Å². The predicted octanol–water partition coefficient (Wildman–Crippen LogP) is 3.66. The van der Waals surface area contributed by atoms with Gasteiger partial charge in [-0.3, -0.25) is 9.59 Å². The number of nitrogens with zero attached hydrogens (tertiary/aromatic N) is 1. The van der Waals surface area contributed by atoms with E-state index in [9.17, 15) is 9.59 Å². The fourth-order valence-corrected chi connectivity index (χ4v) is 3.59. The Balaban J connectivity index is 2.10. The molecule has 4 heteroatoms. The number of para-hydroxylation sites is 1. The summed E-state index contributed by atoms with van der Waals surface area (Å²) in [6, 6.07) is 15.6. The highest BCUT2D eigenvalue weighted by Crippen LogP contribution is 2.51. The summed E-state index contributed by atoms with van der Waals surface area (Å²) in [7, 11) is 0. The van der Waals surface area contributed by atoms with E-state index in [1.807, 2.05) is 55.5 Å². The fourth-order valence-electron chi connectivity index (χ4n) is 3.59. The maximum Gasteiger partial charge on any atom is 0.303 e. The van der Waals surface area contributed by atoms with Gasteiger partial charge in [0.1, 0.15) is 0 Å². The number of anilines is 1. The average molecular weight is 309 g/mol. The summed E-state index contributed by atoms with van der Waals surface area (Å²) in [5.41, 5.74) is 4.05. The molecule has 0 saturated heterocycles. The lowest BCUT2D eigenvalue weighted by molar-refractivity contribution is -0.137. The molecule has 0 fully saturated rings. The molecular weight excluding hydrogens is 290 g/mol. The van der Waals surface area contributed by atoms with E-state index in [4.69, 9.17) is 5.11 Å². The molecule has 118 valence electrons. The fraction of sp³-hybridized carbons (Fsp3) is 0.263. The number of hydrogen-bond donors (Lipinski definition) is 1. The highest BCUT2D eigenvalue weighted by Gasteiger charge is 2.40. The van der Waals surface area contributed by atoms with E-state index in [1.54, 1.807) is 4.90 Å². The third kappa shape index (κ3) is 2.72. The van der Waals surface area contributed by atoms with Crippen LogP contribution in [0.1, 0.15) is 41.5 Å². The molecule has 2 unspecified atom stereocenters. The number of rotatable bonds is 5. The molecule has 0 radical (unpaired) electrons. The van der Waals surface area contributed by atoms with Gasteiger partial charge >= 0.3 is 5.97 Å². The molecule has 0 aromatic heterocycles. The number of carbonyl (C=O) groups excluding carboxylic acids is 1. The van der Waals surface area contributed by atoms with Crippen molar-refractivity contribution in [1.29, 1.82) is 0 Å². The van der Waals surface area contributed by atoms with Gasteiger partial charge in [-0.25, -0.2) is 0 Å². The van der Waals surface area contributed by atoms with Crippen LogP contribution in [0.4, 0.5) is 5.69 Å². The maximum absolute atomic E-state index is 11.8. The number of aliphatic carboxylic acids is 1. The molecule has 0 bridgehead atoms. The van der Waals surface area contributed by atoms with E-state index < -0.39 is 5.97 Å². The van der Waals surface area contributed by atoms with Crippen molar-refractivity contribution in [1.82, 2.24) is 0 Å². The molecule has 1 aliphatic heterocycles. The molecule has 23 heavy (non-hydrogen) atoms. The Labute approximate surface area is 135 Å². The van der Waals surface area contributed by atoms with Crippen molar-refractivity contribution in [2.45, 2.75) is 31.7 Å². The molecule has 2 aromatic rings. The van der Waals surface area contributed by atoms with Gasteiger partial charge in [-0.2, -0.15) is 0 Å². The van der Waals surface area contributed by atoms with Gasteiger partial charge in [-0.1, -0.05) is 48.5 Å². The van der Waals surface area contributed by atoms with Gasteiger partial charge in [0.25, 0.3) is 0 Å². The first-order valence-electron chi connectivity index (χ1n) is 7.73. The molecule has 3 rings (SSSR count). The largest absolute Gasteiger partial charge is 0.481 e. The Hall–Kier alpha value is -2.62. The number of carbonyl (C=O) groups is 2. The van der Waals surface area contributed by atoms with E-state index >= 15 is 0 Å². The molecule has 1 aliphatic rings. The number of hydrogen-bond acceptors (Lipinski definition) is 2. The Bertz CT molecular complexity index is 727. The van der Waals surface area contributed by atoms with Gasteiger partial charge in [0.05, 0.1) is 11.7 Å².